The summed E-state index contributed by atoms with van der Waals surface area (Å²) in [4.78, 5) is 32.1. The van der Waals surface area contributed by atoms with Gasteiger partial charge in [0.25, 0.3) is 5.56 Å². The Morgan fingerprint density at radius 1 is 1.07 bits per heavy atom. The number of aromatic nitrogens is 3. The lowest BCUT2D eigenvalue weighted by atomic mass is 10.1. The Labute approximate surface area is 157 Å². The molecule has 138 valence electrons. The molecule has 2 aromatic heterocycles. The number of carbonyl (C=O) groups excluding carboxylic acids is 1. The molecule has 0 spiro atoms. The molecular weight excluding hydrogens is 342 g/mol. The predicted octanol–water partition coefficient (Wildman–Crippen LogP) is 2.36. The first-order valence-electron chi connectivity index (χ1n) is 8.67. The van der Waals surface area contributed by atoms with Crippen molar-refractivity contribution in [2.45, 2.75) is 19.9 Å². The van der Waals surface area contributed by atoms with E-state index in [9.17, 15) is 9.59 Å². The number of amides is 2. The molecular formula is C20H21N5O2. The van der Waals surface area contributed by atoms with Crippen LogP contribution in [0.25, 0.3) is 0 Å². The van der Waals surface area contributed by atoms with Gasteiger partial charge in [-0.25, -0.2) is 14.8 Å². The minimum absolute atomic E-state index is 0.139. The van der Waals surface area contributed by atoms with E-state index >= 15 is 0 Å². The van der Waals surface area contributed by atoms with Gasteiger partial charge in [0.05, 0.1) is 6.33 Å². The minimum Gasteiger partial charge on any atom is -0.336 e. The van der Waals surface area contributed by atoms with Crippen LogP contribution in [0.3, 0.4) is 0 Å². The van der Waals surface area contributed by atoms with Crippen LogP contribution in [0.5, 0.6) is 0 Å². The SMILES string of the molecule is Cc1cc(=O)n(CCNC(=O)Nc2cc(Cc3ccccc3)ccn2)cn1. The first-order chi connectivity index (χ1) is 13.1. The number of hydrogen-bond acceptors (Lipinski definition) is 4. The van der Waals surface area contributed by atoms with E-state index in [-0.39, 0.29) is 11.6 Å². The summed E-state index contributed by atoms with van der Waals surface area (Å²) in [5.74, 6) is 0.482. The Balaban J connectivity index is 1.52. The average Bonchev–Trinajstić information content (AvgIpc) is 2.65. The number of aryl methyl sites for hydroxylation is 1. The fourth-order valence-electron chi connectivity index (χ4n) is 2.62. The Hall–Kier alpha value is -3.48. The number of nitrogens with zero attached hydrogens (tertiary/aromatic N) is 3. The van der Waals surface area contributed by atoms with Crippen molar-refractivity contribution >= 4 is 11.8 Å². The molecule has 0 atom stereocenters. The van der Waals surface area contributed by atoms with Crippen molar-refractivity contribution in [3.8, 4) is 0 Å². The molecule has 0 fully saturated rings. The van der Waals surface area contributed by atoms with Gasteiger partial charge in [-0.1, -0.05) is 30.3 Å². The highest BCUT2D eigenvalue weighted by Gasteiger charge is 2.05. The zero-order chi connectivity index (χ0) is 19.1. The molecule has 0 aliphatic heterocycles. The summed E-state index contributed by atoms with van der Waals surface area (Å²) in [6.45, 7) is 2.41. The third kappa shape index (κ3) is 5.50. The second-order valence-electron chi connectivity index (χ2n) is 6.15. The lowest BCUT2D eigenvalue weighted by Gasteiger charge is -2.09. The van der Waals surface area contributed by atoms with E-state index in [0.29, 0.717) is 24.6 Å². The minimum atomic E-state index is -0.368. The standard InChI is InChI=1S/C20H21N5O2/c1-15-11-19(26)25(14-23-15)10-9-22-20(27)24-18-13-17(7-8-21-18)12-16-5-3-2-4-6-16/h2-8,11,13-14H,9-10,12H2,1H3,(H2,21,22,24,27). The summed E-state index contributed by atoms with van der Waals surface area (Å²) in [6.07, 6.45) is 3.92. The number of rotatable bonds is 6. The van der Waals surface area contributed by atoms with Crippen LogP contribution in [0.1, 0.15) is 16.8 Å². The van der Waals surface area contributed by atoms with Crippen LogP contribution in [-0.2, 0) is 13.0 Å². The van der Waals surface area contributed by atoms with Crippen LogP contribution in [0.4, 0.5) is 10.6 Å². The number of hydrogen-bond donors (Lipinski definition) is 2. The normalized spacial score (nSPS) is 10.4. The van der Waals surface area contributed by atoms with Gasteiger partial charge in [-0.05, 0) is 36.6 Å². The largest absolute Gasteiger partial charge is 0.336 e. The van der Waals surface area contributed by atoms with Crippen molar-refractivity contribution in [1.29, 1.82) is 0 Å². The number of urea groups is 1. The third-order valence-corrected chi connectivity index (χ3v) is 3.97. The van der Waals surface area contributed by atoms with E-state index in [1.54, 1.807) is 13.1 Å². The number of nitrogens with one attached hydrogen (secondary N) is 2. The second kappa shape index (κ2) is 8.75. The predicted molar refractivity (Wildman–Crippen MR) is 104 cm³/mol. The van der Waals surface area contributed by atoms with E-state index < -0.39 is 0 Å². The van der Waals surface area contributed by atoms with Crippen LogP contribution in [-0.4, -0.2) is 27.1 Å². The van der Waals surface area contributed by atoms with Crippen LogP contribution in [0.15, 0.2) is 65.8 Å². The highest BCUT2D eigenvalue weighted by molar-refractivity contribution is 5.88. The molecule has 27 heavy (non-hydrogen) atoms. The van der Waals surface area contributed by atoms with Gasteiger partial charge in [0.2, 0.25) is 0 Å². The summed E-state index contributed by atoms with van der Waals surface area (Å²) >= 11 is 0. The first kappa shape index (κ1) is 18.3. The first-order valence-corrected chi connectivity index (χ1v) is 8.67. The smallest absolute Gasteiger partial charge is 0.320 e. The van der Waals surface area contributed by atoms with Gasteiger partial charge >= 0.3 is 6.03 Å². The Bertz CT molecular complexity index is 969. The van der Waals surface area contributed by atoms with Gasteiger partial charge in [0, 0.05) is 31.0 Å². The van der Waals surface area contributed by atoms with E-state index in [4.69, 9.17) is 0 Å². The molecule has 0 saturated heterocycles. The molecule has 2 N–H and O–H groups in total. The maximum atomic E-state index is 12.0. The molecule has 0 bridgehead atoms. The molecule has 1 aromatic carbocycles. The average molecular weight is 363 g/mol. The quantitative estimate of drug-likeness (QED) is 0.704. The Kier molecular flexibility index (Phi) is 5.94. The van der Waals surface area contributed by atoms with Crippen molar-refractivity contribution in [3.63, 3.8) is 0 Å². The molecule has 7 nitrogen and oxygen atoms in total. The fourth-order valence-corrected chi connectivity index (χ4v) is 2.62. The molecule has 3 aromatic rings. The summed E-state index contributed by atoms with van der Waals surface area (Å²) in [7, 11) is 0. The van der Waals surface area contributed by atoms with Crippen LogP contribution in [0, 0.1) is 6.92 Å². The topological polar surface area (TPSA) is 88.9 Å². The summed E-state index contributed by atoms with van der Waals surface area (Å²) in [5, 5.41) is 5.43. The highest BCUT2D eigenvalue weighted by atomic mass is 16.2. The van der Waals surface area contributed by atoms with E-state index in [0.717, 1.165) is 12.0 Å². The van der Waals surface area contributed by atoms with Gasteiger partial charge in [-0.2, -0.15) is 0 Å². The molecule has 0 unspecified atom stereocenters. The van der Waals surface area contributed by atoms with Crippen molar-refractivity contribution in [2.24, 2.45) is 0 Å². The summed E-state index contributed by atoms with van der Waals surface area (Å²) in [5.41, 5.74) is 2.78. The zero-order valence-electron chi connectivity index (χ0n) is 15.1. The maximum Gasteiger partial charge on any atom is 0.320 e. The van der Waals surface area contributed by atoms with E-state index in [2.05, 4.69) is 32.7 Å². The molecule has 0 radical (unpaired) electrons. The molecule has 2 heterocycles. The lowest BCUT2D eigenvalue weighted by Crippen LogP contribution is -2.34. The van der Waals surface area contributed by atoms with Crippen molar-refractivity contribution in [1.82, 2.24) is 19.9 Å². The van der Waals surface area contributed by atoms with Gasteiger partial charge in [-0.15, -0.1) is 0 Å². The van der Waals surface area contributed by atoms with Crippen molar-refractivity contribution in [2.75, 3.05) is 11.9 Å². The number of carbonyl (C=O) groups is 1. The molecule has 0 aliphatic carbocycles. The van der Waals surface area contributed by atoms with Crippen LogP contribution < -0.4 is 16.2 Å². The van der Waals surface area contributed by atoms with Crippen molar-refractivity contribution < 1.29 is 4.79 Å². The Morgan fingerprint density at radius 3 is 2.67 bits per heavy atom. The number of benzene rings is 1. The monoisotopic (exact) mass is 363 g/mol. The van der Waals surface area contributed by atoms with E-state index in [1.165, 1.54) is 22.5 Å². The fraction of sp³-hybridized carbons (Fsp3) is 0.200. The van der Waals surface area contributed by atoms with Crippen LogP contribution >= 0.6 is 0 Å². The molecule has 2 amide bonds. The maximum absolute atomic E-state index is 12.0. The zero-order valence-corrected chi connectivity index (χ0v) is 15.1. The second-order valence-corrected chi connectivity index (χ2v) is 6.15. The van der Waals surface area contributed by atoms with Gasteiger partial charge in [-0.3, -0.25) is 14.7 Å². The lowest BCUT2D eigenvalue weighted by molar-refractivity contribution is 0.251. The Morgan fingerprint density at radius 2 is 1.89 bits per heavy atom. The number of pyridine rings is 1. The summed E-state index contributed by atoms with van der Waals surface area (Å²) < 4.78 is 1.45. The van der Waals surface area contributed by atoms with E-state index in [1.807, 2.05) is 30.3 Å². The van der Waals surface area contributed by atoms with Gasteiger partial charge in [0.1, 0.15) is 5.82 Å². The van der Waals surface area contributed by atoms with Crippen LogP contribution in [0.2, 0.25) is 0 Å². The van der Waals surface area contributed by atoms with Gasteiger partial charge < -0.3 is 5.32 Å². The third-order valence-electron chi connectivity index (χ3n) is 3.97. The summed E-state index contributed by atoms with van der Waals surface area (Å²) in [6, 6.07) is 15.0. The highest BCUT2D eigenvalue weighted by Crippen LogP contribution is 2.12. The molecule has 0 aliphatic rings. The molecule has 7 heteroatoms. The van der Waals surface area contributed by atoms with Crippen molar-refractivity contribution in [3.05, 3.63) is 88.2 Å². The molecule has 0 saturated carbocycles. The van der Waals surface area contributed by atoms with Gasteiger partial charge in [0.15, 0.2) is 0 Å². The number of anilines is 1. The molecule has 3 rings (SSSR count).